The molecule has 7 heteroatoms. The molecule has 0 bridgehead atoms. The summed E-state index contributed by atoms with van der Waals surface area (Å²) in [6.45, 7) is 8.48. The van der Waals surface area contributed by atoms with Crippen LogP contribution in [0.2, 0.25) is 0 Å². The van der Waals surface area contributed by atoms with Gasteiger partial charge in [0.2, 0.25) is 0 Å². The zero-order chi connectivity index (χ0) is 24.3. The molecule has 6 nitrogen and oxygen atoms in total. The van der Waals surface area contributed by atoms with Crippen molar-refractivity contribution in [1.29, 1.82) is 0 Å². The van der Waals surface area contributed by atoms with Gasteiger partial charge in [-0.2, -0.15) is 0 Å². The number of esters is 1. The molecule has 3 rings (SSSR count). The van der Waals surface area contributed by atoms with Crippen LogP contribution in [0.1, 0.15) is 71.3 Å². The standard InChI is InChI=1S/C26H34BrNO5/c1-7-8-9-10-33-25(30)22-15(2)28-18-13-26(3,4)14-19(29)24(18)23(22)16-11-20(31-5)21(32-6)12-17(16)27/h11-12,22-23H,7-10,13-14H2,1-6H3/t22?,23-/m0/s1. The first-order valence-corrected chi connectivity index (χ1v) is 12.3. The van der Waals surface area contributed by atoms with Gasteiger partial charge in [-0.25, -0.2) is 0 Å². The highest BCUT2D eigenvalue weighted by Crippen LogP contribution is 2.50. The Morgan fingerprint density at radius 1 is 1.15 bits per heavy atom. The maximum Gasteiger partial charge on any atom is 0.315 e. The van der Waals surface area contributed by atoms with E-state index in [1.807, 2.05) is 19.1 Å². The van der Waals surface area contributed by atoms with Crippen LogP contribution in [0.5, 0.6) is 11.5 Å². The van der Waals surface area contributed by atoms with Gasteiger partial charge >= 0.3 is 5.97 Å². The van der Waals surface area contributed by atoms with Crippen LogP contribution >= 0.6 is 15.9 Å². The van der Waals surface area contributed by atoms with Gasteiger partial charge in [0, 0.05) is 33.8 Å². The third kappa shape index (κ3) is 5.34. The summed E-state index contributed by atoms with van der Waals surface area (Å²) in [6.07, 6.45) is 3.96. The van der Waals surface area contributed by atoms with Gasteiger partial charge in [-0.3, -0.25) is 14.6 Å². The average Bonchev–Trinajstić information content (AvgIpc) is 2.74. The molecule has 1 aromatic rings. The predicted octanol–water partition coefficient (Wildman–Crippen LogP) is 6.02. The maximum atomic E-state index is 13.4. The Morgan fingerprint density at radius 2 is 1.82 bits per heavy atom. The third-order valence-corrected chi connectivity index (χ3v) is 7.07. The molecule has 1 aromatic carbocycles. The van der Waals surface area contributed by atoms with Gasteiger partial charge in [0.1, 0.15) is 5.92 Å². The Hall–Kier alpha value is -2.15. The van der Waals surface area contributed by atoms with Crippen LogP contribution in [0.25, 0.3) is 0 Å². The third-order valence-electron chi connectivity index (χ3n) is 6.39. The molecule has 2 aliphatic rings. The molecular formula is C26H34BrNO5. The molecule has 1 unspecified atom stereocenters. The number of hydrogen-bond acceptors (Lipinski definition) is 6. The summed E-state index contributed by atoms with van der Waals surface area (Å²) in [5.41, 5.74) is 2.68. The van der Waals surface area contributed by atoms with Crippen molar-refractivity contribution in [3.8, 4) is 11.5 Å². The van der Waals surface area contributed by atoms with E-state index in [0.717, 1.165) is 35.0 Å². The molecule has 0 saturated heterocycles. The fourth-order valence-corrected chi connectivity index (χ4v) is 5.38. The van der Waals surface area contributed by atoms with Crippen LogP contribution < -0.4 is 9.47 Å². The van der Waals surface area contributed by atoms with Crippen molar-refractivity contribution in [2.45, 2.75) is 65.7 Å². The Bertz CT molecular complexity index is 995. The van der Waals surface area contributed by atoms with Crippen molar-refractivity contribution >= 4 is 33.4 Å². The van der Waals surface area contributed by atoms with E-state index in [9.17, 15) is 9.59 Å². The lowest BCUT2D eigenvalue weighted by atomic mass is 9.67. The second kappa shape index (κ2) is 10.4. The van der Waals surface area contributed by atoms with Gasteiger partial charge in [0.15, 0.2) is 17.3 Å². The molecule has 180 valence electrons. The highest BCUT2D eigenvalue weighted by molar-refractivity contribution is 9.10. The van der Waals surface area contributed by atoms with Gasteiger partial charge in [0.05, 0.1) is 20.8 Å². The first-order chi connectivity index (χ1) is 15.6. The van der Waals surface area contributed by atoms with Gasteiger partial charge in [-0.05, 0) is 42.9 Å². The minimum absolute atomic E-state index is 0.0352. The number of hydrogen-bond donors (Lipinski definition) is 0. The lowest BCUT2D eigenvalue weighted by Gasteiger charge is -2.39. The molecule has 0 spiro atoms. The van der Waals surface area contributed by atoms with Gasteiger partial charge in [-0.15, -0.1) is 0 Å². The first-order valence-electron chi connectivity index (χ1n) is 11.5. The minimum atomic E-state index is -0.676. The van der Waals surface area contributed by atoms with E-state index in [-0.39, 0.29) is 17.2 Å². The SMILES string of the molecule is CCCCCOC(=O)C1C(C)=NC2=C(C(=O)CC(C)(C)C2)[C@H]1c1cc(OC)c(OC)cc1Br. The number of unbranched alkanes of at least 4 members (excludes halogenated alkanes) is 2. The average molecular weight is 520 g/mol. The second-order valence-electron chi connectivity index (χ2n) is 9.61. The summed E-state index contributed by atoms with van der Waals surface area (Å²) >= 11 is 3.65. The Balaban J connectivity index is 2.13. The molecule has 1 aliphatic heterocycles. The fourth-order valence-electron chi connectivity index (χ4n) is 4.81. The van der Waals surface area contributed by atoms with Crippen molar-refractivity contribution in [3.05, 3.63) is 33.4 Å². The van der Waals surface area contributed by atoms with Crippen LogP contribution in [0.15, 0.2) is 32.9 Å². The van der Waals surface area contributed by atoms with Crippen molar-refractivity contribution in [2.24, 2.45) is 16.3 Å². The molecule has 0 fully saturated rings. The molecule has 33 heavy (non-hydrogen) atoms. The van der Waals surface area contributed by atoms with Gasteiger partial charge in [0.25, 0.3) is 0 Å². The molecule has 0 saturated carbocycles. The topological polar surface area (TPSA) is 74.2 Å². The number of nitrogens with zero attached hydrogens (tertiary/aromatic N) is 1. The van der Waals surface area contributed by atoms with E-state index in [1.165, 1.54) is 0 Å². The van der Waals surface area contributed by atoms with E-state index < -0.39 is 11.8 Å². The van der Waals surface area contributed by atoms with E-state index in [1.54, 1.807) is 14.2 Å². The number of ketones is 1. The second-order valence-corrected chi connectivity index (χ2v) is 10.5. The van der Waals surface area contributed by atoms with E-state index >= 15 is 0 Å². The van der Waals surface area contributed by atoms with E-state index in [4.69, 9.17) is 19.2 Å². The number of benzene rings is 1. The molecule has 0 N–H and O–H groups in total. The zero-order valence-electron chi connectivity index (χ0n) is 20.4. The van der Waals surface area contributed by atoms with E-state index in [2.05, 4.69) is 36.7 Å². The highest BCUT2D eigenvalue weighted by atomic mass is 79.9. The lowest BCUT2D eigenvalue weighted by Crippen LogP contribution is -2.39. The summed E-state index contributed by atoms with van der Waals surface area (Å²) in [7, 11) is 3.15. The largest absolute Gasteiger partial charge is 0.493 e. The summed E-state index contributed by atoms with van der Waals surface area (Å²) in [5.74, 6) is -0.384. The Morgan fingerprint density at radius 3 is 2.45 bits per heavy atom. The highest BCUT2D eigenvalue weighted by Gasteiger charge is 2.46. The summed E-state index contributed by atoms with van der Waals surface area (Å²) in [4.78, 5) is 31.6. The number of aliphatic imine (C=N–C) groups is 1. The normalized spacial score (nSPS) is 21.9. The number of carbonyl (C=O) groups is 2. The smallest absolute Gasteiger partial charge is 0.315 e. The number of Topliss-reactive ketones (excluding diaryl/α,β-unsaturated/α-hetero) is 1. The molecule has 0 radical (unpaired) electrons. The fraction of sp³-hybridized carbons (Fsp3) is 0.577. The van der Waals surface area contributed by atoms with Crippen molar-refractivity contribution in [1.82, 2.24) is 0 Å². The molecule has 0 aromatic heterocycles. The Labute approximate surface area is 204 Å². The number of methoxy groups -OCH3 is 2. The Kier molecular flexibility index (Phi) is 8.04. The van der Waals surface area contributed by atoms with Crippen molar-refractivity contribution in [2.75, 3.05) is 20.8 Å². The van der Waals surface area contributed by atoms with Crippen molar-refractivity contribution < 1.29 is 23.8 Å². The summed E-state index contributed by atoms with van der Waals surface area (Å²) in [5, 5.41) is 0. The predicted molar refractivity (Wildman–Crippen MR) is 132 cm³/mol. The number of ether oxygens (including phenoxy) is 3. The lowest BCUT2D eigenvalue weighted by molar-refractivity contribution is -0.146. The van der Waals surface area contributed by atoms with Gasteiger partial charge in [-0.1, -0.05) is 49.5 Å². The molecule has 2 atom stereocenters. The number of carbonyl (C=O) groups excluding carboxylic acids is 2. The summed E-state index contributed by atoms with van der Waals surface area (Å²) in [6, 6.07) is 3.66. The van der Waals surface area contributed by atoms with Crippen LogP contribution in [-0.4, -0.2) is 38.3 Å². The quantitative estimate of drug-likeness (QED) is 0.310. The first kappa shape index (κ1) is 25.5. The maximum absolute atomic E-state index is 13.4. The van der Waals surface area contributed by atoms with Crippen LogP contribution in [-0.2, 0) is 14.3 Å². The molecular weight excluding hydrogens is 486 g/mol. The van der Waals surface area contributed by atoms with Crippen LogP contribution in [0, 0.1) is 11.3 Å². The number of halogens is 1. The number of rotatable bonds is 8. The molecule has 1 aliphatic carbocycles. The van der Waals surface area contributed by atoms with Crippen molar-refractivity contribution in [3.63, 3.8) is 0 Å². The molecule has 1 heterocycles. The zero-order valence-corrected chi connectivity index (χ0v) is 22.0. The number of allylic oxidation sites excluding steroid dienone is 2. The minimum Gasteiger partial charge on any atom is -0.493 e. The summed E-state index contributed by atoms with van der Waals surface area (Å²) < 4.78 is 17.4. The molecule has 0 amide bonds. The van der Waals surface area contributed by atoms with Gasteiger partial charge < -0.3 is 14.2 Å². The van der Waals surface area contributed by atoms with E-state index in [0.29, 0.717) is 42.2 Å². The van der Waals surface area contributed by atoms with Crippen LogP contribution in [0.3, 0.4) is 0 Å². The monoisotopic (exact) mass is 519 g/mol. The van der Waals surface area contributed by atoms with Crippen LogP contribution in [0.4, 0.5) is 0 Å².